The van der Waals surface area contributed by atoms with E-state index in [0.717, 1.165) is 10.8 Å². The van der Waals surface area contributed by atoms with Crippen LogP contribution >= 0.6 is 0 Å². The lowest BCUT2D eigenvalue weighted by Crippen LogP contribution is -2.20. The van der Waals surface area contributed by atoms with E-state index in [-0.39, 0.29) is 6.42 Å². The lowest BCUT2D eigenvalue weighted by Gasteiger charge is -2.14. The average molecular weight is 288 g/mol. The number of aliphatic carboxylic acids is 2. The maximum Gasteiger partial charge on any atom is 0.307 e. The molecule has 21 heavy (non-hydrogen) atoms. The summed E-state index contributed by atoms with van der Waals surface area (Å²) in [6.45, 7) is 0. The summed E-state index contributed by atoms with van der Waals surface area (Å²) in [5.41, 5.74) is 0.699. The monoisotopic (exact) mass is 288 g/mol. The molecule has 0 amide bonds. The van der Waals surface area contributed by atoms with Crippen LogP contribution in [0.1, 0.15) is 12.0 Å². The van der Waals surface area contributed by atoms with Gasteiger partial charge in [-0.25, -0.2) is 0 Å². The number of fused-ring (bicyclic) bond motifs is 1. The third-order valence-corrected chi connectivity index (χ3v) is 3.39. The van der Waals surface area contributed by atoms with E-state index >= 15 is 0 Å². The van der Waals surface area contributed by atoms with Gasteiger partial charge in [-0.15, -0.1) is 0 Å². The van der Waals surface area contributed by atoms with Gasteiger partial charge in [0.1, 0.15) is 5.75 Å². The second kappa shape index (κ2) is 6.26. The standard InChI is InChI=1S/C16H16O5/c1-21-14-8-11-5-3-2-4-10(11)6-12(14)7-13(16(19)20)9-15(17)18/h2-6,8,13H,7,9H2,1H3,(H,17,18)(H,19,20). The maximum absolute atomic E-state index is 11.2. The maximum atomic E-state index is 11.2. The van der Waals surface area contributed by atoms with E-state index in [0.29, 0.717) is 11.3 Å². The van der Waals surface area contributed by atoms with Crippen LogP contribution in [0.2, 0.25) is 0 Å². The van der Waals surface area contributed by atoms with Gasteiger partial charge >= 0.3 is 11.9 Å². The summed E-state index contributed by atoms with van der Waals surface area (Å²) in [7, 11) is 1.51. The molecule has 110 valence electrons. The van der Waals surface area contributed by atoms with Gasteiger partial charge in [0.25, 0.3) is 0 Å². The molecule has 0 aliphatic heterocycles. The molecule has 0 fully saturated rings. The van der Waals surface area contributed by atoms with Crippen molar-refractivity contribution in [1.29, 1.82) is 0 Å². The van der Waals surface area contributed by atoms with Crippen molar-refractivity contribution in [1.82, 2.24) is 0 Å². The fourth-order valence-corrected chi connectivity index (χ4v) is 2.34. The quantitative estimate of drug-likeness (QED) is 0.853. The van der Waals surface area contributed by atoms with Gasteiger partial charge in [0, 0.05) is 0 Å². The van der Waals surface area contributed by atoms with Gasteiger partial charge in [0.2, 0.25) is 0 Å². The number of methoxy groups -OCH3 is 1. The Labute approximate surface area is 121 Å². The minimum atomic E-state index is -1.12. The number of hydrogen-bond acceptors (Lipinski definition) is 3. The van der Waals surface area contributed by atoms with Crippen molar-refractivity contribution in [2.45, 2.75) is 12.8 Å². The van der Waals surface area contributed by atoms with Gasteiger partial charge < -0.3 is 14.9 Å². The zero-order valence-corrected chi connectivity index (χ0v) is 11.6. The minimum Gasteiger partial charge on any atom is -0.496 e. The Balaban J connectivity index is 2.39. The number of hydrogen-bond donors (Lipinski definition) is 2. The summed E-state index contributed by atoms with van der Waals surface area (Å²) in [6, 6.07) is 11.4. The van der Waals surface area contributed by atoms with Crippen LogP contribution in [0.4, 0.5) is 0 Å². The van der Waals surface area contributed by atoms with Gasteiger partial charge in [0.05, 0.1) is 19.4 Å². The van der Waals surface area contributed by atoms with Crippen molar-refractivity contribution in [3.05, 3.63) is 42.0 Å². The molecule has 1 unspecified atom stereocenters. The second-order valence-corrected chi connectivity index (χ2v) is 4.85. The first-order valence-corrected chi connectivity index (χ1v) is 6.51. The van der Waals surface area contributed by atoms with Gasteiger partial charge in [0.15, 0.2) is 0 Å². The van der Waals surface area contributed by atoms with Crippen molar-refractivity contribution in [2.24, 2.45) is 5.92 Å². The van der Waals surface area contributed by atoms with Crippen molar-refractivity contribution < 1.29 is 24.5 Å². The van der Waals surface area contributed by atoms with Crippen LogP contribution in [-0.2, 0) is 16.0 Å². The zero-order valence-electron chi connectivity index (χ0n) is 11.6. The molecule has 2 N–H and O–H groups in total. The summed E-state index contributed by atoms with van der Waals surface area (Å²) in [5, 5.41) is 19.9. The molecule has 2 aromatic rings. The van der Waals surface area contributed by atoms with Crippen LogP contribution < -0.4 is 4.74 Å². The molecule has 5 nitrogen and oxygen atoms in total. The van der Waals surface area contributed by atoms with E-state index in [1.807, 2.05) is 36.4 Å². The minimum absolute atomic E-state index is 0.121. The molecule has 0 spiro atoms. The highest BCUT2D eigenvalue weighted by molar-refractivity contribution is 5.85. The van der Waals surface area contributed by atoms with Gasteiger partial charge in [-0.3, -0.25) is 9.59 Å². The molecule has 2 rings (SSSR count). The van der Waals surface area contributed by atoms with E-state index in [2.05, 4.69) is 0 Å². The highest BCUT2D eigenvalue weighted by atomic mass is 16.5. The molecular weight excluding hydrogens is 272 g/mol. The van der Waals surface area contributed by atoms with Crippen molar-refractivity contribution >= 4 is 22.7 Å². The molecular formula is C16H16O5. The molecule has 5 heteroatoms. The SMILES string of the molecule is COc1cc2ccccc2cc1CC(CC(=O)O)C(=O)O. The Kier molecular flexibility index (Phi) is 4.42. The van der Waals surface area contributed by atoms with E-state index in [9.17, 15) is 9.59 Å². The predicted molar refractivity (Wildman–Crippen MR) is 77.6 cm³/mol. The summed E-state index contributed by atoms with van der Waals surface area (Å²) in [5.74, 6) is -2.64. The van der Waals surface area contributed by atoms with Crippen LogP contribution in [0.3, 0.4) is 0 Å². The summed E-state index contributed by atoms with van der Waals surface area (Å²) in [4.78, 5) is 22.0. The molecule has 0 bridgehead atoms. The molecule has 0 aliphatic rings. The fraction of sp³-hybridized carbons (Fsp3) is 0.250. The van der Waals surface area contributed by atoms with Gasteiger partial charge in [-0.05, 0) is 34.9 Å². The van der Waals surface area contributed by atoms with Crippen LogP contribution in [0.5, 0.6) is 5.75 Å². The molecule has 0 saturated heterocycles. The van der Waals surface area contributed by atoms with E-state index in [1.54, 1.807) is 0 Å². The van der Waals surface area contributed by atoms with E-state index < -0.39 is 24.3 Å². The number of ether oxygens (including phenoxy) is 1. The lowest BCUT2D eigenvalue weighted by atomic mass is 9.94. The van der Waals surface area contributed by atoms with Crippen LogP contribution in [0, 0.1) is 5.92 Å². The second-order valence-electron chi connectivity index (χ2n) is 4.85. The summed E-state index contributed by atoms with van der Waals surface area (Å²) >= 11 is 0. The highest BCUT2D eigenvalue weighted by Crippen LogP contribution is 2.28. The molecule has 0 heterocycles. The third-order valence-electron chi connectivity index (χ3n) is 3.39. The van der Waals surface area contributed by atoms with Crippen LogP contribution in [0.15, 0.2) is 36.4 Å². The summed E-state index contributed by atoms with van der Waals surface area (Å²) < 4.78 is 5.30. The van der Waals surface area contributed by atoms with E-state index in [4.69, 9.17) is 14.9 Å². The molecule has 0 aliphatic carbocycles. The third kappa shape index (κ3) is 3.51. The number of rotatable bonds is 6. The zero-order chi connectivity index (χ0) is 15.4. The van der Waals surface area contributed by atoms with Crippen LogP contribution in [0.25, 0.3) is 10.8 Å². The fourth-order valence-electron chi connectivity index (χ4n) is 2.34. The number of carboxylic acid groups (broad SMARTS) is 2. The molecule has 2 aromatic carbocycles. The Bertz CT molecular complexity index is 677. The first-order valence-electron chi connectivity index (χ1n) is 6.51. The first-order chi connectivity index (χ1) is 10.0. The lowest BCUT2D eigenvalue weighted by molar-refractivity contribution is -0.148. The number of carboxylic acids is 2. The van der Waals surface area contributed by atoms with Crippen molar-refractivity contribution in [3.63, 3.8) is 0 Å². The van der Waals surface area contributed by atoms with Crippen molar-refractivity contribution in [2.75, 3.05) is 7.11 Å². The molecule has 0 radical (unpaired) electrons. The Morgan fingerprint density at radius 2 is 1.76 bits per heavy atom. The normalized spacial score (nSPS) is 12.0. The number of benzene rings is 2. The Morgan fingerprint density at radius 1 is 1.14 bits per heavy atom. The van der Waals surface area contributed by atoms with Crippen molar-refractivity contribution in [3.8, 4) is 5.75 Å². The largest absolute Gasteiger partial charge is 0.496 e. The van der Waals surface area contributed by atoms with Crippen LogP contribution in [-0.4, -0.2) is 29.3 Å². The topological polar surface area (TPSA) is 83.8 Å². The highest BCUT2D eigenvalue weighted by Gasteiger charge is 2.23. The summed E-state index contributed by atoms with van der Waals surface area (Å²) in [6.07, 6.45) is -0.291. The Morgan fingerprint density at radius 3 is 2.29 bits per heavy atom. The Hall–Kier alpha value is -2.56. The van der Waals surface area contributed by atoms with Gasteiger partial charge in [-0.1, -0.05) is 24.3 Å². The average Bonchev–Trinajstić information content (AvgIpc) is 2.45. The van der Waals surface area contributed by atoms with E-state index in [1.165, 1.54) is 7.11 Å². The molecule has 1 atom stereocenters. The smallest absolute Gasteiger partial charge is 0.307 e. The molecule has 0 aromatic heterocycles. The first kappa shape index (κ1) is 14.8. The molecule has 0 saturated carbocycles. The number of carbonyl (C=O) groups is 2. The van der Waals surface area contributed by atoms with Gasteiger partial charge in [-0.2, -0.15) is 0 Å². The predicted octanol–water partition coefficient (Wildman–Crippen LogP) is 2.57.